The number of nitrogens with one attached hydrogen (secondary N) is 1. The number of amides is 2. The van der Waals surface area contributed by atoms with E-state index in [2.05, 4.69) is 21.8 Å². The summed E-state index contributed by atoms with van der Waals surface area (Å²) in [4.78, 5) is 25.8. The van der Waals surface area contributed by atoms with Gasteiger partial charge in [-0.1, -0.05) is 6.07 Å². The molecule has 0 bridgehead atoms. The van der Waals surface area contributed by atoms with Gasteiger partial charge in [-0.2, -0.15) is 0 Å². The van der Waals surface area contributed by atoms with Gasteiger partial charge in [-0.25, -0.2) is 4.31 Å². The number of hydrogen-bond donors (Lipinski definition) is 5. The molecule has 10 heteroatoms. The molecule has 2 amide bonds. The molecule has 4 rings (SSSR count). The first-order chi connectivity index (χ1) is 15.3. The van der Waals surface area contributed by atoms with E-state index in [0.717, 1.165) is 25.2 Å². The highest BCUT2D eigenvalue weighted by Crippen LogP contribution is 2.38. The Hall–Kier alpha value is -2.95. The van der Waals surface area contributed by atoms with Gasteiger partial charge in [0, 0.05) is 44.0 Å². The maximum atomic E-state index is 12.4. The van der Waals surface area contributed by atoms with Gasteiger partial charge in [-0.3, -0.25) is 9.59 Å². The lowest BCUT2D eigenvalue weighted by molar-refractivity contribution is -0.133. The molecule has 9 nitrogen and oxygen atoms in total. The lowest BCUT2D eigenvalue weighted by Gasteiger charge is -2.21. The number of primary amides is 1. The SMILES string of the molecule is NC(=O)CC(N)C(=O)N1CCC(Nc2ccc3c(c2)CN(Sc2ccc(O)cc2O)C3)C1. The minimum absolute atomic E-state index is 0.0364. The number of phenolic OH excluding ortho intramolecular Hbond substituents is 2. The first-order valence-corrected chi connectivity index (χ1v) is 11.2. The Labute approximate surface area is 190 Å². The van der Waals surface area contributed by atoms with Crippen molar-refractivity contribution in [3.63, 3.8) is 0 Å². The third-order valence-electron chi connectivity index (χ3n) is 5.68. The van der Waals surface area contributed by atoms with Gasteiger partial charge in [-0.05, 0) is 53.8 Å². The number of nitrogens with zero attached hydrogens (tertiary/aromatic N) is 2. The van der Waals surface area contributed by atoms with Crippen LogP contribution in [0.3, 0.4) is 0 Å². The first kappa shape index (κ1) is 22.3. The van der Waals surface area contributed by atoms with Crippen molar-refractivity contribution in [2.45, 2.75) is 42.9 Å². The molecular weight excluding hydrogens is 430 g/mol. The summed E-state index contributed by atoms with van der Waals surface area (Å²) < 4.78 is 2.15. The standard InChI is InChI=1S/C22H27N5O4S/c23-18(9-21(24)30)22(31)26-6-5-16(12-26)25-15-2-1-13-10-27(11-14(13)7-15)32-20-4-3-17(28)8-19(20)29/h1-4,7-8,16,18,25,28-29H,5-6,9-12,23H2,(H2,24,30). The zero-order valence-corrected chi connectivity index (χ0v) is 18.3. The molecule has 0 aliphatic carbocycles. The Morgan fingerprint density at radius 3 is 2.69 bits per heavy atom. The summed E-state index contributed by atoms with van der Waals surface area (Å²) in [6, 6.07) is 10.1. The fourth-order valence-corrected chi connectivity index (χ4v) is 5.06. The van der Waals surface area contributed by atoms with Crippen LogP contribution in [-0.2, 0) is 22.7 Å². The van der Waals surface area contributed by atoms with Crippen molar-refractivity contribution in [2.75, 3.05) is 18.4 Å². The summed E-state index contributed by atoms with van der Waals surface area (Å²) in [6.45, 7) is 2.61. The van der Waals surface area contributed by atoms with Crippen molar-refractivity contribution in [1.82, 2.24) is 9.21 Å². The van der Waals surface area contributed by atoms with E-state index in [-0.39, 0.29) is 29.9 Å². The molecule has 7 N–H and O–H groups in total. The molecule has 170 valence electrons. The molecular formula is C22H27N5O4S. The molecule has 2 aliphatic rings. The second-order valence-corrected chi connectivity index (χ2v) is 9.35. The van der Waals surface area contributed by atoms with Crippen LogP contribution >= 0.6 is 11.9 Å². The number of likely N-dealkylation sites (tertiary alicyclic amines) is 1. The lowest BCUT2D eigenvalue weighted by Crippen LogP contribution is -2.45. The number of benzene rings is 2. The highest BCUT2D eigenvalue weighted by molar-refractivity contribution is 7.97. The molecule has 2 atom stereocenters. The van der Waals surface area contributed by atoms with E-state index in [1.54, 1.807) is 17.0 Å². The monoisotopic (exact) mass is 457 g/mol. The van der Waals surface area contributed by atoms with E-state index in [4.69, 9.17) is 11.5 Å². The van der Waals surface area contributed by atoms with Crippen LogP contribution in [0.4, 0.5) is 5.69 Å². The van der Waals surface area contributed by atoms with E-state index in [1.165, 1.54) is 29.1 Å². The Bertz CT molecular complexity index is 1030. The summed E-state index contributed by atoms with van der Waals surface area (Å²) in [5.74, 6) is -0.726. The van der Waals surface area contributed by atoms with Crippen LogP contribution in [0.25, 0.3) is 0 Å². The fourth-order valence-electron chi connectivity index (χ4n) is 4.09. The minimum Gasteiger partial charge on any atom is -0.508 e. The summed E-state index contributed by atoms with van der Waals surface area (Å²) in [7, 11) is 0. The van der Waals surface area contributed by atoms with Gasteiger partial charge in [0.2, 0.25) is 11.8 Å². The number of hydrogen-bond acceptors (Lipinski definition) is 8. The third kappa shape index (κ3) is 5.09. The largest absolute Gasteiger partial charge is 0.508 e. The van der Waals surface area contributed by atoms with Gasteiger partial charge < -0.3 is 31.9 Å². The quantitative estimate of drug-likeness (QED) is 0.392. The van der Waals surface area contributed by atoms with E-state index in [0.29, 0.717) is 18.0 Å². The number of nitrogens with two attached hydrogens (primary N) is 2. The van der Waals surface area contributed by atoms with E-state index in [9.17, 15) is 19.8 Å². The molecule has 0 radical (unpaired) electrons. The number of anilines is 1. The average molecular weight is 458 g/mol. The van der Waals surface area contributed by atoms with Crippen molar-refractivity contribution in [1.29, 1.82) is 0 Å². The Morgan fingerprint density at radius 1 is 1.16 bits per heavy atom. The van der Waals surface area contributed by atoms with Crippen LogP contribution in [0.15, 0.2) is 41.3 Å². The molecule has 2 unspecified atom stereocenters. The third-order valence-corrected chi connectivity index (χ3v) is 6.74. The topological polar surface area (TPSA) is 145 Å². The predicted octanol–water partition coefficient (Wildman–Crippen LogP) is 1.34. The van der Waals surface area contributed by atoms with E-state index < -0.39 is 11.9 Å². The predicted molar refractivity (Wildman–Crippen MR) is 122 cm³/mol. The summed E-state index contributed by atoms with van der Waals surface area (Å²) >= 11 is 1.46. The van der Waals surface area contributed by atoms with Crippen molar-refractivity contribution in [2.24, 2.45) is 11.5 Å². The molecule has 2 aromatic rings. The second kappa shape index (κ2) is 9.27. The number of aromatic hydroxyl groups is 2. The lowest BCUT2D eigenvalue weighted by atomic mass is 10.1. The molecule has 0 saturated carbocycles. The Morgan fingerprint density at radius 2 is 1.94 bits per heavy atom. The van der Waals surface area contributed by atoms with Crippen LogP contribution in [0.5, 0.6) is 11.5 Å². The highest BCUT2D eigenvalue weighted by atomic mass is 32.2. The highest BCUT2D eigenvalue weighted by Gasteiger charge is 2.30. The van der Waals surface area contributed by atoms with Crippen LogP contribution < -0.4 is 16.8 Å². The van der Waals surface area contributed by atoms with Crippen molar-refractivity contribution in [3.05, 3.63) is 47.5 Å². The van der Waals surface area contributed by atoms with Gasteiger partial charge in [-0.15, -0.1) is 0 Å². The van der Waals surface area contributed by atoms with Crippen LogP contribution in [-0.4, -0.2) is 56.4 Å². The first-order valence-electron chi connectivity index (χ1n) is 10.4. The van der Waals surface area contributed by atoms with Crippen LogP contribution in [0.2, 0.25) is 0 Å². The van der Waals surface area contributed by atoms with E-state index in [1.807, 2.05) is 6.07 Å². The second-order valence-electron chi connectivity index (χ2n) is 8.22. The number of carbonyl (C=O) groups excluding carboxylic acids is 2. The molecule has 2 aliphatic heterocycles. The Balaban J connectivity index is 1.33. The van der Waals surface area contributed by atoms with Gasteiger partial charge >= 0.3 is 0 Å². The normalized spacial score (nSPS) is 19.0. The molecule has 0 aromatic heterocycles. The van der Waals surface area contributed by atoms with Crippen molar-refractivity contribution >= 4 is 29.4 Å². The molecule has 0 spiro atoms. The number of phenols is 2. The average Bonchev–Trinajstić information content (AvgIpc) is 3.35. The number of rotatable bonds is 7. The summed E-state index contributed by atoms with van der Waals surface area (Å²) in [5.41, 5.74) is 14.4. The van der Waals surface area contributed by atoms with Crippen LogP contribution in [0.1, 0.15) is 24.0 Å². The van der Waals surface area contributed by atoms with E-state index >= 15 is 0 Å². The van der Waals surface area contributed by atoms with Crippen LogP contribution in [0, 0.1) is 0 Å². The van der Waals surface area contributed by atoms with Gasteiger partial charge in [0.05, 0.1) is 17.4 Å². The zero-order chi connectivity index (χ0) is 22.8. The zero-order valence-electron chi connectivity index (χ0n) is 17.5. The number of fused-ring (bicyclic) bond motifs is 1. The molecule has 32 heavy (non-hydrogen) atoms. The molecule has 2 aromatic carbocycles. The van der Waals surface area contributed by atoms with Gasteiger partial charge in [0.1, 0.15) is 11.5 Å². The van der Waals surface area contributed by atoms with Gasteiger partial charge in [0.15, 0.2) is 0 Å². The minimum atomic E-state index is -0.886. The molecule has 2 heterocycles. The Kier molecular flexibility index (Phi) is 6.45. The molecule has 1 saturated heterocycles. The maximum absolute atomic E-state index is 12.4. The number of carbonyl (C=O) groups is 2. The maximum Gasteiger partial charge on any atom is 0.240 e. The smallest absolute Gasteiger partial charge is 0.240 e. The fraction of sp³-hybridized carbons (Fsp3) is 0.364. The summed E-state index contributed by atoms with van der Waals surface area (Å²) in [6.07, 6.45) is 0.656. The van der Waals surface area contributed by atoms with Crippen molar-refractivity contribution < 1.29 is 19.8 Å². The van der Waals surface area contributed by atoms with Gasteiger partial charge in [0.25, 0.3) is 0 Å². The van der Waals surface area contributed by atoms with Crippen molar-refractivity contribution in [3.8, 4) is 11.5 Å². The molecule has 1 fully saturated rings. The summed E-state index contributed by atoms with van der Waals surface area (Å²) in [5, 5.41) is 23.0.